The molecule has 4 aromatic rings. The van der Waals surface area contributed by atoms with Crippen molar-refractivity contribution in [3.8, 4) is 17.3 Å². The van der Waals surface area contributed by atoms with Gasteiger partial charge in [0.05, 0.1) is 26.6 Å². The highest BCUT2D eigenvalue weighted by atomic mass is 32.2. The standard InChI is InChI=1S/C19H15F6N7O3S2/c1-3-36(33,34)13-6-7-14(32-9-27-17(30-32)18(20,21)22)29-15(13)16-28-11-8-10(4-5-12(11)31(16)2)37(26,35)19(23,24)25/h4-9,26H,3H2,1-2H3. The number of hydrogen-bond donors (Lipinski definition) is 1. The lowest BCUT2D eigenvalue weighted by atomic mass is 10.3. The van der Waals surface area contributed by atoms with Gasteiger partial charge in [0.15, 0.2) is 31.2 Å². The van der Waals surface area contributed by atoms with Gasteiger partial charge >= 0.3 is 11.7 Å². The zero-order valence-corrected chi connectivity index (χ0v) is 20.3. The molecule has 0 aliphatic heterocycles. The molecule has 4 rings (SSSR count). The van der Waals surface area contributed by atoms with Crippen LogP contribution in [0.15, 0.2) is 46.5 Å². The minimum absolute atomic E-state index is 0.147. The summed E-state index contributed by atoms with van der Waals surface area (Å²) in [6.07, 6.45) is -4.12. The minimum atomic E-state index is -5.34. The Morgan fingerprint density at radius 1 is 1.00 bits per heavy atom. The average molecular weight is 567 g/mol. The van der Waals surface area contributed by atoms with Gasteiger partial charge in [-0.05, 0) is 30.3 Å². The summed E-state index contributed by atoms with van der Waals surface area (Å²) in [4.78, 5) is 10.3. The molecule has 0 radical (unpaired) electrons. The maximum atomic E-state index is 13.1. The third-order valence-corrected chi connectivity index (χ3v) is 8.59. The first-order chi connectivity index (χ1) is 17.0. The molecule has 3 heterocycles. The van der Waals surface area contributed by atoms with Crippen LogP contribution in [0.25, 0.3) is 28.4 Å². The molecule has 18 heteroatoms. The van der Waals surface area contributed by atoms with Crippen molar-refractivity contribution in [1.82, 2.24) is 29.3 Å². The summed E-state index contributed by atoms with van der Waals surface area (Å²) in [5.41, 5.74) is -5.62. The number of rotatable bonds is 5. The van der Waals surface area contributed by atoms with Crippen LogP contribution in [0.4, 0.5) is 26.3 Å². The number of aromatic nitrogens is 6. The number of nitrogens with zero attached hydrogens (tertiary/aromatic N) is 6. The van der Waals surface area contributed by atoms with E-state index in [4.69, 9.17) is 4.78 Å². The fraction of sp³-hybridized carbons (Fsp3) is 0.263. The number of imidazole rings is 1. The second kappa shape index (κ2) is 8.51. The summed E-state index contributed by atoms with van der Waals surface area (Å²) in [6, 6.07) is 4.98. The first-order valence-corrected chi connectivity index (χ1v) is 13.2. The molecule has 3 aromatic heterocycles. The molecule has 0 fully saturated rings. The fourth-order valence-corrected chi connectivity index (χ4v) is 5.16. The zero-order chi connectivity index (χ0) is 27.6. The van der Waals surface area contributed by atoms with E-state index in [9.17, 15) is 39.0 Å². The number of nitrogens with one attached hydrogen (secondary N) is 1. The Hall–Kier alpha value is -3.54. The van der Waals surface area contributed by atoms with Crippen molar-refractivity contribution in [3.05, 3.63) is 42.5 Å². The van der Waals surface area contributed by atoms with E-state index in [1.807, 2.05) is 0 Å². The van der Waals surface area contributed by atoms with Gasteiger partial charge in [0, 0.05) is 7.05 Å². The topological polar surface area (TPSA) is 136 Å². The molecule has 0 amide bonds. The molecule has 10 nitrogen and oxygen atoms in total. The molecule has 198 valence electrons. The van der Waals surface area contributed by atoms with Crippen LogP contribution >= 0.6 is 0 Å². The zero-order valence-electron chi connectivity index (χ0n) is 18.7. The summed E-state index contributed by atoms with van der Waals surface area (Å²) in [6.45, 7) is 1.35. The second-order valence-electron chi connectivity index (χ2n) is 7.58. The van der Waals surface area contributed by atoms with Gasteiger partial charge in [-0.15, -0.1) is 5.10 Å². The van der Waals surface area contributed by atoms with Crippen LogP contribution in [-0.2, 0) is 32.8 Å². The number of halogens is 6. The highest BCUT2D eigenvalue weighted by Crippen LogP contribution is 2.34. The molecule has 0 saturated heterocycles. The summed E-state index contributed by atoms with van der Waals surface area (Å²) < 4.78 is 125. The molecule has 0 saturated carbocycles. The van der Waals surface area contributed by atoms with Crippen molar-refractivity contribution in [3.63, 3.8) is 0 Å². The van der Waals surface area contributed by atoms with Crippen molar-refractivity contribution in [2.45, 2.75) is 28.4 Å². The van der Waals surface area contributed by atoms with E-state index in [1.165, 1.54) is 18.5 Å². The third kappa shape index (κ3) is 4.54. The van der Waals surface area contributed by atoms with Crippen LogP contribution in [0.2, 0.25) is 0 Å². The lowest BCUT2D eigenvalue weighted by molar-refractivity contribution is -0.144. The molecule has 0 spiro atoms. The van der Waals surface area contributed by atoms with Gasteiger partial charge in [0.1, 0.15) is 12.0 Å². The van der Waals surface area contributed by atoms with Gasteiger partial charge in [0.2, 0.25) is 0 Å². The van der Waals surface area contributed by atoms with Crippen LogP contribution < -0.4 is 0 Å². The summed E-state index contributed by atoms with van der Waals surface area (Å²) in [5, 5.41) is 3.31. The number of pyridine rings is 1. The van der Waals surface area contributed by atoms with Crippen molar-refractivity contribution >= 4 is 30.6 Å². The Morgan fingerprint density at radius 3 is 2.24 bits per heavy atom. The largest absolute Gasteiger partial charge is 0.483 e. The van der Waals surface area contributed by atoms with Crippen LogP contribution in [0.3, 0.4) is 0 Å². The summed E-state index contributed by atoms with van der Waals surface area (Å²) in [5.74, 6) is -2.24. The molecule has 1 aromatic carbocycles. The maximum absolute atomic E-state index is 13.1. The molecule has 0 aliphatic carbocycles. The number of aryl methyl sites for hydroxylation is 1. The molecular formula is C19H15F6N7O3S2. The Balaban J connectivity index is 1.95. The molecule has 0 aliphatic rings. The van der Waals surface area contributed by atoms with Crippen molar-refractivity contribution in [1.29, 1.82) is 4.78 Å². The Labute approximate surface area is 204 Å². The molecule has 37 heavy (non-hydrogen) atoms. The van der Waals surface area contributed by atoms with E-state index in [0.717, 1.165) is 36.7 Å². The highest BCUT2D eigenvalue weighted by molar-refractivity contribution is 7.93. The summed E-state index contributed by atoms with van der Waals surface area (Å²) in [7, 11) is -7.76. The lowest BCUT2D eigenvalue weighted by Crippen LogP contribution is -2.21. The van der Waals surface area contributed by atoms with Crippen LogP contribution in [0.1, 0.15) is 12.7 Å². The monoisotopic (exact) mass is 567 g/mol. The van der Waals surface area contributed by atoms with Gasteiger partial charge in [-0.1, -0.05) is 6.92 Å². The number of fused-ring (bicyclic) bond motifs is 1. The van der Waals surface area contributed by atoms with Gasteiger partial charge in [0.25, 0.3) is 5.82 Å². The number of alkyl halides is 6. The van der Waals surface area contributed by atoms with Crippen molar-refractivity contribution in [2.24, 2.45) is 7.05 Å². The first-order valence-electron chi connectivity index (χ1n) is 10.0. The second-order valence-corrected chi connectivity index (χ2v) is 11.9. The SMILES string of the molecule is CCS(=O)(=O)c1ccc(-n2cnc(C(F)(F)F)n2)nc1-c1nc2cc(S(=N)(=O)C(F)(F)F)ccc2n1C. The van der Waals surface area contributed by atoms with Crippen molar-refractivity contribution < 1.29 is 39.0 Å². The van der Waals surface area contributed by atoms with Crippen LogP contribution in [0, 0.1) is 4.78 Å². The lowest BCUT2D eigenvalue weighted by Gasteiger charge is -2.11. The predicted molar refractivity (Wildman–Crippen MR) is 117 cm³/mol. The van der Waals surface area contributed by atoms with Crippen LogP contribution in [-0.4, -0.2) is 53.2 Å². The average Bonchev–Trinajstić information content (AvgIpc) is 3.43. The van der Waals surface area contributed by atoms with Gasteiger partial charge in [-0.3, -0.25) is 0 Å². The minimum Gasteiger partial charge on any atom is -0.326 e. The quantitative estimate of drug-likeness (QED) is 0.361. The Bertz CT molecular complexity index is 1740. The number of hydrogen-bond acceptors (Lipinski definition) is 8. The number of benzene rings is 1. The molecule has 1 unspecified atom stereocenters. The Kier molecular flexibility index (Phi) is 6.10. The van der Waals surface area contributed by atoms with E-state index in [2.05, 4.69) is 20.1 Å². The molecule has 0 bridgehead atoms. The number of sulfone groups is 1. The van der Waals surface area contributed by atoms with Gasteiger partial charge < -0.3 is 4.57 Å². The normalized spacial score (nSPS) is 14.7. The smallest absolute Gasteiger partial charge is 0.326 e. The molecule has 1 atom stereocenters. The molecule has 1 N–H and O–H groups in total. The van der Waals surface area contributed by atoms with E-state index in [0.29, 0.717) is 4.68 Å². The Morgan fingerprint density at radius 2 is 1.68 bits per heavy atom. The third-order valence-electron chi connectivity index (χ3n) is 5.26. The molecular weight excluding hydrogens is 552 g/mol. The van der Waals surface area contributed by atoms with E-state index < -0.39 is 42.0 Å². The highest BCUT2D eigenvalue weighted by Gasteiger charge is 2.43. The van der Waals surface area contributed by atoms with Crippen molar-refractivity contribution in [2.75, 3.05) is 5.75 Å². The first kappa shape index (κ1) is 26.5. The van der Waals surface area contributed by atoms with E-state index in [-0.39, 0.29) is 39.0 Å². The van der Waals surface area contributed by atoms with Gasteiger partial charge in [-0.25, -0.2) is 37.0 Å². The van der Waals surface area contributed by atoms with E-state index in [1.54, 1.807) is 0 Å². The predicted octanol–water partition coefficient (Wildman–Crippen LogP) is 3.95. The fourth-order valence-electron chi connectivity index (χ4n) is 3.34. The van der Waals surface area contributed by atoms with Crippen LogP contribution in [0.5, 0.6) is 0 Å². The maximum Gasteiger partial charge on any atom is 0.483 e. The van der Waals surface area contributed by atoms with E-state index >= 15 is 0 Å². The van der Waals surface area contributed by atoms with Gasteiger partial charge in [-0.2, -0.15) is 26.3 Å². The summed E-state index contributed by atoms with van der Waals surface area (Å²) >= 11 is 0.